The Morgan fingerprint density at radius 2 is 1.08 bits per heavy atom. The summed E-state index contributed by atoms with van der Waals surface area (Å²) in [6.45, 7) is 8.40. The maximum absolute atomic E-state index is 12.5. The maximum atomic E-state index is 12.5. The van der Waals surface area contributed by atoms with Crippen LogP contribution in [0.3, 0.4) is 0 Å². The average Bonchev–Trinajstić information content (AvgIpc) is 3.68. The molecule has 0 radical (unpaired) electrons. The molecule has 0 saturated heterocycles. The first-order valence-corrected chi connectivity index (χ1v) is 15.6. The summed E-state index contributed by atoms with van der Waals surface area (Å²) in [7, 11) is 0. The number of rotatable bonds is 8. The van der Waals surface area contributed by atoms with Gasteiger partial charge in [0.15, 0.2) is 11.6 Å². The summed E-state index contributed by atoms with van der Waals surface area (Å²) in [4.78, 5) is 33.7. The van der Waals surface area contributed by atoms with Gasteiger partial charge < -0.3 is 0 Å². The number of carbonyl (C=O) groups excluding carboxylic acids is 2. The van der Waals surface area contributed by atoms with E-state index in [4.69, 9.17) is 0 Å². The van der Waals surface area contributed by atoms with E-state index in [1.165, 1.54) is 54.7 Å². The fourth-order valence-corrected chi connectivity index (χ4v) is 8.22. The van der Waals surface area contributed by atoms with E-state index in [2.05, 4.69) is 26.0 Å². The van der Waals surface area contributed by atoms with Gasteiger partial charge in [-0.15, -0.1) is 45.3 Å². The van der Waals surface area contributed by atoms with E-state index >= 15 is 0 Å². The van der Waals surface area contributed by atoms with Crippen LogP contribution in [0.5, 0.6) is 0 Å². The van der Waals surface area contributed by atoms with Crippen LogP contribution in [0.15, 0.2) is 48.6 Å². The molecular weight excluding hydrogens is 533 g/mol. The molecule has 0 fully saturated rings. The second kappa shape index (κ2) is 11.0. The Hall–Kier alpha value is -2.64. The highest BCUT2D eigenvalue weighted by atomic mass is 32.1. The van der Waals surface area contributed by atoms with Crippen LogP contribution in [0, 0.1) is 27.7 Å². The molecule has 0 bridgehead atoms. The molecule has 1 aliphatic carbocycles. The molecule has 0 unspecified atom stereocenters. The van der Waals surface area contributed by atoms with Gasteiger partial charge in [-0.2, -0.15) is 0 Å². The van der Waals surface area contributed by atoms with Gasteiger partial charge in [0.1, 0.15) is 0 Å². The zero-order valence-corrected chi connectivity index (χ0v) is 24.6. The smallest absolute Gasteiger partial charge is 0.195 e. The predicted molar refractivity (Wildman–Crippen MR) is 164 cm³/mol. The first-order chi connectivity index (χ1) is 17.8. The van der Waals surface area contributed by atoms with E-state index in [0.717, 1.165) is 48.5 Å². The van der Waals surface area contributed by atoms with Crippen LogP contribution in [0.4, 0.5) is 0 Å². The van der Waals surface area contributed by atoms with E-state index < -0.39 is 0 Å². The minimum Gasteiger partial charge on any atom is -0.288 e. The van der Waals surface area contributed by atoms with Crippen LogP contribution in [-0.2, 0) is 0 Å². The fourth-order valence-electron chi connectivity index (χ4n) is 4.73. The molecular formula is C31H28O2S4. The molecule has 0 atom stereocenters. The molecule has 4 aromatic heterocycles. The molecule has 4 aromatic rings. The summed E-state index contributed by atoms with van der Waals surface area (Å²) in [6, 6.07) is 12.3. The van der Waals surface area contributed by atoms with Crippen LogP contribution in [0.1, 0.15) is 79.0 Å². The summed E-state index contributed by atoms with van der Waals surface area (Å²) in [5.74, 6) is 0.127. The zero-order valence-electron chi connectivity index (χ0n) is 21.3. The lowest BCUT2D eigenvalue weighted by molar-refractivity contribution is 0.104. The highest BCUT2D eigenvalue weighted by molar-refractivity contribution is 7.15. The van der Waals surface area contributed by atoms with Crippen molar-refractivity contribution in [3.63, 3.8) is 0 Å². The molecule has 6 heteroatoms. The van der Waals surface area contributed by atoms with Gasteiger partial charge in [0.05, 0.1) is 9.75 Å². The van der Waals surface area contributed by atoms with Crippen molar-refractivity contribution in [3.8, 4) is 0 Å². The van der Waals surface area contributed by atoms with Crippen molar-refractivity contribution >= 4 is 80.2 Å². The van der Waals surface area contributed by atoms with E-state index in [9.17, 15) is 9.59 Å². The maximum Gasteiger partial charge on any atom is 0.195 e. The summed E-state index contributed by atoms with van der Waals surface area (Å²) in [5, 5.41) is 0. The number of carbonyl (C=O) groups is 2. The van der Waals surface area contributed by atoms with Gasteiger partial charge >= 0.3 is 0 Å². The van der Waals surface area contributed by atoms with E-state index in [1.54, 1.807) is 34.8 Å². The average molecular weight is 561 g/mol. The Balaban J connectivity index is 1.38. The highest BCUT2D eigenvalue weighted by Crippen LogP contribution is 2.45. The van der Waals surface area contributed by atoms with Crippen molar-refractivity contribution in [2.45, 2.75) is 47.0 Å². The normalized spacial score (nSPS) is 14.1. The topological polar surface area (TPSA) is 34.1 Å². The molecule has 188 valence electrons. The molecule has 0 aliphatic heterocycles. The highest BCUT2D eigenvalue weighted by Gasteiger charge is 2.22. The van der Waals surface area contributed by atoms with Crippen LogP contribution < -0.4 is 0 Å². The Morgan fingerprint density at radius 1 is 0.649 bits per heavy atom. The van der Waals surface area contributed by atoms with E-state index in [1.807, 2.05) is 50.3 Å². The molecule has 0 spiro atoms. The summed E-state index contributed by atoms with van der Waals surface area (Å²) < 4.78 is 0. The number of thiophene rings is 4. The molecule has 37 heavy (non-hydrogen) atoms. The second-order valence-electron chi connectivity index (χ2n) is 9.26. The van der Waals surface area contributed by atoms with Crippen molar-refractivity contribution in [2.75, 3.05) is 0 Å². The van der Waals surface area contributed by atoms with Gasteiger partial charge in [-0.1, -0.05) is 0 Å². The molecule has 2 nitrogen and oxygen atoms in total. The summed E-state index contributed by atoms with van der Waals surface area (Å²) >= 11 is 6.57. The molecule has 0 amide bonds. The summed E-state index contributed by atoms with van der Waals surface area (Å²) in [5.41, 5.74) is 5.47. The van der Waals surface area contributed by atoms with Crippen molar-refractivity contribution < 1.29 is 9.59 Å². The third-order valence-electron chi connectivity index (χ3n) is 6.51. The quantitative estimate of drug-likeness (QED) is 0.159. The van der Waals surface area contributed by atoms with E-state index in [-0.39, 0.29) is 11.6 Å². The second-order valence-corrected chi connectivity index (χ2v) is 14.4. The van der Waals surface area contributed by atoms with Gasteiger partial charge in [0, 0.05) is 29.3 Å². The number of allylic oxidation sites excluding steroid dienone is 4. The van der Waals surface area contributed by atoms with E-state index in [0.29, 0.717) is 0 Å². The monoisotopic (exact) mass is 560 g/mol. The SMILES string of the molecule is Cc1ccc(C(=O)/C=C/c2cc(C3=C(c4cc(/C=C/C(=O)c5ccc(C)s5)sc4C)CCC3)c(C)s2)s1. The minimum absolute atomic E-state index is 0.0636. The Labute approximate surface area is 234 Å². The van der Waals surface area contributed by atoms with Crippen LogP contribution >= 0.6 is 45.3 Å². The Bertz CT molecular complexity index is 1460. The van der Waals surface area contributed by atoms with Gasteiger partial charge in [0.25, 0.3) is 0 Å². The lowest BCUT2D eigenvalue weighted by atomic mass is 9.97. The largest absolute Gasteiger partial charge is 0.288 e. The molecule has 0 N–H and O–H groups in total. The van der Waals surface area contributed by atoms with Gasteiger partial charge in [-0.25, -0.2) is 0 Å². The fraction of sp³-hybridized carbons (Fsp3) is 0.226. The zero-order chi connectivity index (χ0) is 26.1. The molecule has 0 saturated carbocycles. The molecule has 0 aromatic carbocycles. The Morgan fingerprint density at radius 3 is 1.46 bits per heavy atom. The van der Waals surface area contributed by atoms with Gasteiger partial charge in [-0.05, 0) is 130 Å². The van der Waals surface area contributed by atoms with Crippen molar-refractivity contribution in [2.24, 2.45) is 0 Å². The van der Waals surface area contributed by atoms with Crippen LogP contribution in [-0.4, -0.2) is 11.6 Å². The standard InChI is InChI=1S/C31H28O2S4/c1-18-8-14-30(34-18)28(32)12-10-22-16-26(20(3)36-22)24-6-5-7-25(24)27-17-23(37-21(27)4)11-13-29(33)31-15-9-19(2)35-31/h8-17H,5-7H2,1-4H3/b12-10+,13-11+. The van der Waals surface area contributed by atoms with Gasteiger partial charge in [-0.3, -0.25) is 9.59 Å². The summed E-state index contributed by atoms with van der Waals surface area (Å²) in [6.07, 6.45) is 10.6. The molecule has 5 rings (SSSR count). The van der Waals surface area contributed by atoms with Crippen molar-refractivity contribution in [1.82, 2.24) is 0 Å². The Kier molecular flexibility index (Phi) is 7.72. The predicted octanol–water partition coefficient (Wildman–Crippen LogP) is 10.1. The lowest BCUT2D eigenvalue weighted by Crippen LogP contribution is -1.88. The minimum atomic E-state index is 0.0636. The third kappa shape index (κ3) is 5.78. The van der Waals surface area contributed by atoms with Crippen molar-refractivity contribution in [1.29, 1.82) is 0 Å². The van der Waals surface area contributed by atoms with Gasteiger partial charge in [0.2, 0.25) is 0 Å². The third-order valence-corrected chi connectivity index (χ3v) is 10.6. The number of hydrogen-bond donors (Lipinski definition) is 0. The van der Waals surface area contributed by atoms with Crippen LogP contribution in [0.25, 0.3) is 23.3 Å². The molecule has 1 aliphatic rings. The van der Waals surface area contributed by atoms with Crippen LogP contribution in [0.2, 0.25) is 0 Å². The lowest BCUT2D eigenvalue weighted by Gasteiger charge is -2.07. The number of hydrogen-bond acceptors (Lipinski definition) is 6. The number of ketones is 2. The number of aryl methyl sites for hydroxylation is 4. The first kappa shape index (κ1) is 26.0. The first-order valence-electron chi connectivity index (χ1n) is 12.3. The molecule has 4 heterocycles. The van der Waals surface area contributed by atoms with Crippen molar-refractivity contribution in [3.05, 3.63) is 98.7 Å².